The van der Waals surface area contributed by atoms with Gasteiger partial charge in [-0.3, -0.25) is 9.59 Å². The molecule has 9 nitrogen and oxygen atoms in total. The molecule has 1 heterocycles. The number of carbonyl (C=O) groups excluding carboxylic acids is 2. The highest BCUT2D eigenvalue weighted by Gasteiger charge is 2.37. The van der Waals surface area contributed by atoms with Gasteiger partial charge in [0.25, 0.3) is 5.91 Å². The van der Waals surface area contributed by atoms with Crippen LogP contribution in [0.5, 0.6) is 17.2 Å². The summed E-state index contributed by atoms with van der Waals surface area (Å²) in [5.74, 6) is 0.842. The molecule has 1 aliphatic heterocycles. The largest absolute Gasteiger partial charge is 0.493 e. The van der Waals surface area contributed by atoms with Crippen LogP contribution >= 0.6 is 0 Å². The zero-order valence-corrected chi connectivity index (χ0v) is 18.2. The number of hydrogen-bond acceptors (Lipinski definition) is 7. The number of benzene rings is 2. The third kappa shape index (κ3) is 4.66. The standard InChI is InChI=1S/C22H27N3O6/c1-22(2,28)19-21(27)25-14-7-6-13(10-15(14)24-19)20(26)23-11-12-8-16(29-3)18(31-5)17(9-12)30-4/h6-10,19,24,28H,11H2,1-5H3,(H,23,26)(H,25,27)/t19-/m1/s1. The van der Waals surface area contributed by atoms with Crippen molar-refractivity contribution in [2.75, 3.05) is 32.0 Å². The lowest BCUT2D eigenvalue weighted by Gasteiger charge is -2.34. The number of rotatable bonds is 7. The third-order valence-corrected chi connectivity index (χ3v) is 4.99. The lowest BCUT2D eigenvalue weighted by molar-refractivity contribution is -0.121. The summed E-state index contributed by atoms with van der Waals surface area (Å²) in [5.41, 5.74) is 1.02. The molecular weight excluding hydrogens is 402 g/mol. The average molecular weight is 429 g/mol. The second-order valence-corrected chi connectivity index (χ2v) is 7.70. The molecule has 0 aliphatic carbocycles. The lowest BCUT2D eigenvalue weighted by Crippen LogP contribution is -2.52. The van der Waals surface area contributed by atoms with Crippen LogP contribution in [0.2, 0.25) is 0 Å². The van der Waals surface area contributed by atoms with Gasteiger partial charge < -0.3 is 35.3 Å². The fraction of sp³-hybridized carbons (Fsp3) is 0.364. The van der Waals surface area contributed by atoms with Gasteiger partial charge in [0, 0.05) is 12.1 Å². The van der Waals surface area contributed by atoms with E-state index in [2.05, 4.69) is 16.0 Å². The summed E-state index contributed by atoms with van der Waals surface area (Å²) < 4.78 is 16.0. The van der Waals surface area contributed by atoms with E-state index in [1.807, 2.05) is 0 Å². The molecule has 0 radical (unpaired) electrons. The number of ether oxygens (including phenoxy) is 3. The molecule has 1 atom stereocenters. The average Bonchev–Trinajstić information content (AvgIpc) is 2.74. The maximum atomic E-state index is 12.7. The Morgan fingerprint density at radius 1 is 1.06 bits per heavy atom. The highest BCUT2D eigenvalue weighted by atomic mass is 16.5. The van der Waals surface area contributed by atoms with Crippen LogP contribution in [0.4, 0.5) is 11.4 Å². The summed E-state index contributed by atoms with van der Waals surface area (Å²) in [5, 5.41) is 18.8. The molecule has 2 amide bonds. The fourth-order valence-electron chi connectivity index (χ4n) is 3.36. The van der Waals surface area contributed by atoms with Crippen LogP contribution in [0.25, 0.3) is 0 Å². The number of methoxy groups -OCH3 is 3. The van der Waals surface area contributed by atoms with E-state index in [0.717, 1.165) is 5.56 Å². The van der Waals surface area contributed by atoms with Crippen LogP contribution in [-0.2, 0) is 11.3 Å². The van der Waals surface area contributed by atoms with Crippen LogP contribution in [-0.4, -0.2) is 49.9 Å². The summed E-state index contributed by atoms with van der Waals surface area (Å²) >= 11 is 0. The van der Waals surface area contributed by atoms with Crippen molar-refractivity contribution in [1.29, 1.82) is 0 Å². The maximum Gasteiger partial charge on any atom is 0.251 e. The summed E-state index contributed by atoms with van der Waals surface area (Å²) in [4.78, 5) is 24.9. The van der Waals surface area contributed by atoms with Crippen molar-refractivity contribution in [2.45, 2.75) is 32.0 Å². The molecule has 0 aromatic heterocycles. The Morgan fingerprint density at radius 2 is 1.71 bits per heavy atom. The van der Waals surface area contributed by atoms with E-state index in [1.165, 1.54) is 21.3 Å². The molecule has 31 heavy (non-hydrogen) atoms. The molecule has 0 spiro atoms. The topological polar surface area (TPSA) is 118 Å². The van der Waals surface area contributed by atoms with Crippen molar-refractivity contribution in [3.63, 3.8) is 0 Å². The first-order valence-corrected chi connectivity index (χ1v) is 9.68. The van der Waals surface area contributed by atoms with Crippen LogP contribution < -0.4 is 30.2 Å². The Hall–Kier alpha value is -3.46. The molecule has 4 N–H and O–H groups in total. The van der Waals surface area contributed by atoms with Crippen molar-refractivity contribution in [2.24, 2.45) is 0 Å². The SMILES string of the molecule is COc1cc(CNC(=O)c2ccc3c(c2)N[C@@H](C(C)(C)O)C(=O)N3)cc(OC)c1OC. The Bertz CT molecular complexity index is 974. The normalized spacial score (nSPS) is 15.3. The van der Waals surface area contributed by atoms with Crippen LogP contribution in [0, 0.1) is 0 Å². The van der Waals surface area contributed by atoms with Gasteiger partial charge in [-0.25, -0.2) is 0 Å². The highest BCUT2D eigenvalue weighted by Crippen LogP contribution is 2.38. The molecule has 1 aliphatic rings. The number of fused-ring (bicyclic) bond motifs is 1. The first-order chi connectivity index (χ1) is 14.7. The molecule has 2 aromatic rings. The third-order valence-electron chi connectivity index (χ3n) is 4.99. The molecule has 0 fully saturated rings. The van der Waals surface area contributed by atoms with Crippen molar-refractivity contribution >= 4 is 23.2 Å². The molecule has 9 heteroatoms. The Labute approximate surface area is 180 Å². The predicted octanol–water partition coefficient (Wildman–Crippen LogP) is 2.15. The minimum atomic E-state index is -1.27. The smallest absolute Gasteiger partial charge is 0.251 e. The monoisotopic (exact) mass is 429 g/mol. The molecule has 3 rings (SSSR count). The molecular formula is C22H27N3O6. The minimum absolute atomic E-state index is 0.239. The number of aliphatic hydroxyl groups is 1. The second kappa shape index (κ2) is 8.73. The summed E-state index contributed by atoms with van der Waals surface area (Å²) in [6.07, 6.45) is 0. The molecule has 166 valence electrons. The van der Waals surface area contributed by atoms with Crippen molar-refractivity contribution < 1.29 is 28.9 Å². The summed E-state index contributed by atoms with van der Waals surface area (Å²) in [7, 11) is 4.58. The number of carbonyl (C=O) groups is 2. The first-order valence-electron chi connectivity index (χ1n) is 9.68. The summed E-state index contributed by atoms with van der Waals surface area (Å²) in [6.45, 7) is 3.33. The second-order valence-electron chi connectivity index (χ2n) is 7.70. The van der Waals surface area contributed by atoms with E-state index in [4.69, 9.17) is 14.2 Å². The van der Waals surface area contributed by atoms with Gasteiger partial charge in [-0.2, -0.15) is 0 Å². The fourth-order valence-corrected chi connectivity index (χ4v) is 3.36. The van der Waals surface area contributed by atoms with Gasteiger partial charge in [0.1, 0.15) is 6.04 Å². The van der Waals surface area contributed by atoms with E-state index in [0.29, 0.717) is 34.2 Å². The maximum absolute atomic E-state index is 12.7. The summed E-state index contributed by atoms with van der Waals surface area (Å²) in [6, 6.07) is 7.60. The molecule has 0 saturated heterocycles. The first kappa shape index (κ1) is 22.2. The number of anilines is 2. The van der Waals surface area contributed by atoms with Crippen molar-refractivity contribution in [1.82, 2.24) is 5.32 Å². The van der Waals surface area contributed by atoms with E-state index in [9.17, 15) is 14.7 Å². The van der Waals surface area contributed by atoms with Crippen LogP contribution in [0.3, 0.4) is 0 Å². The predicted molar refractivity (Wildman–Crippen MR) is 116 cm³/mol. The van der Waals surface area contributed by atoms with Gasteiger partial charge in [0.15, 0.2) is 11.5 Å². The van der Waals surface area contributed by atoms with E-state index in [1.54, 1.807) is 44.2 Å². The number of nitrogens with one attached hydrogen (secondary N) is 3. The van der Waals surface area contributed by atoms with E-state index in [-0.39, 0.29) is 18.4 Å². The Kier molecular flexibility index (Phi) is 6.26. The van der Waals surface area contributed by atoms with Crippen molar-refractivity contribution in [3.05, 3.63) is 41.5 Å². The van der Waals surface area contributed by atoms with E-state index < -0.39 is 11.6 Å². The van der Waals surface area contributed by atoms with Gasteiger partial charge in [-0.05, 0) is 49.7 Å². The molecule has 0 unspecified atom stereocenters. The molecule has 0 saturated carbocycles. The number of hydrogen-bond donors (Lipinski definition) is 4. The lowest BCUT2D eigenvalue weighted by atomic mass is 9.95. The molecule has 0 bridgehead atoms. The van der Waals surface area contributed by atoms with Crippen LogP contribution in [0.1, 0.15) is 29.8 Å². The quantitative estimate of drug-likeness (QED) is 0.533. The zero-order valence-electron chi connectivity index (χ0n) is 18.2. The Balaban J connectivity index is 1.76. The molecule has 2 aromatic carbocycles. The van der Waals surface area contributed by atoms with Gasteiger partial charge >= 0.3 is 0 Å². The van der Waals surface area contributed by atoms with Crippen molar-refractivity contribution in [3.8, 4) is 17.2 Å². The number of amides is 2. The van der Waals surface area contributed by atoms with Gasteiger partial charge in [-0.1, -0.05) is 0 Å². The zero-order chi connectivity index (χ0) is 22.8. The minimum Gasteiger partial charge on any atom is -0.493 e. The van der Waals surface area contributed by atoms with Crippen LogP contribution in [0.15, 0.2) is 30.3 Å². The Morgan fingerprint density at radius 3 is 2.26 bits per heavy atom. The van der Waals surface area contributed by atoms with Gasteiger partial charge in [-0.15, -0.1) is 0 Å². The van der Waals surface area contributed by atoms with E-state index >= 15 is 0 Å². The van der Waals surface area contributed by atoms with Gasteiger partial charge in [0.2, 0.25) is 11.7 Å². The van der Waals surface area contributed by atoms with Gasteiger partial charge in [0.05, 0.1) is 38.3 Å². The highest BCUT2D eigenvalue weighted by molar-refractivity contribution is 6.05.